The molecule has 0 unspecified atom stereocenters. The molecule has 10 heteroatoms. The van der Waals surface area contributed by atoms with Crippen LogP contribution in [0.25, 0.3) is 22.2 Å². The van der Waals surface area contributed by atoms with Crippen molar-refractivity contribution in [1.82, 2.24) is 25.1 Å². The molecule has 4 aromatic rings. The van der Waals surface area contributed by atoms with Gasteiger partial charge in [-0.05, 0) is 35.7 Å². The lowest BCUT2D eigenvalue weighted by atomic mass is 10.2. The van der Waals surface area contributed by atoms with Gasteiger partial charge in [-0.1, -0.05) is 17.8 Å². The number of aromatic nitrogens is 5. The molecule has 0 saturated carbocycles. The Morgan fingerprint density at radius 1 is 1.15 bits per heavy atom. The van der Waals surface area contributed by atoms with Crippen molar-refractivity contribution >= 4 is 23.1 Å². The Kier molecular flexibility index (Phi) is 4.59. The number of nitrogen functional groups attached to an aromatic ring is 1. The topological polar surface area (TPSA) is 105 Å². The second kappa shape index (κ2) is 7.18. The average molecular weight is 386 g/mol. The van der Waals surface area contributed by atoms with E-state index >= 15 is 0 Å². The summed E-state index contributed by atoms with van der Waals surface area (Å²) >= 11 is 2.94. The van der Waals surface area contributed by atoms with E-state index in [4.69, 9.17) is 15.0 Å². The number of hydrogen-bond acceptors (Lipinski definition) is 9. The van der Waals surface area contributed by atoms with Gasteiger partial charge in [0.05, 0.1) is 17.7 Å². The summed E-state index contributed by atoms with van der Waals surface area (Å²) < 4.78 is 12.3. The molecule has 0 amide bonds. The lowest BCUT2D eigenvalue weighted by Gasteiger charge is -2.00. The fraction of sp³-hybridized carbons (Fsp3) is 0.125. The van der Waals surface area contributed by atoms with Crippen LogP contribution in [0.5, 0.6) is 5.75 Å². The van der Waals surface area contributed by atoms with Gasteiger partial charge in [-0.15, -0.1) is 31.7 Å². The molecule has 4 rings (SSSR count). The smallest absolute Gasteiger partial charge is 0.247 e. The zero-order valence-electron chi connectivity index (χ0n) is 13.7. The van der Waals surface area contributed by atoms with Crippen molar-refractivity contribution in [2.24, 2.45) is 0 Å². The van der Waals surface area contributed by atoms with Gasteiger partial charge in [0.1, 0.15) is 5.75 Å². The molecule has 0 spiro atoms. The molecular formula is C16H14N6O2S2. The number of methoxy groups -OCH3 is 1. The van der Waals surface area contributed by atoms with Crippen molar-refractivity contribution in [2.75, 3.05) is 13.0 Å². The zero-order valence-corrected chi connectivity index (χ0v) is 15.3. The number of ether oxygens (including phenoxy) is 1. The first-order valence-corrected chi connectivity index (χ1v) is 9.45. The highest BCUT2D eigenvalue weighted by atomic mass is 32.2. The van der Waals surface area contributed by atoms with Crippen LogP contribution < -0.4 is 10.6 Å². The van der Waals surface area contributed by atoms with Gasteiger partial charge in [0, 0.05) is 5.56 Å². The molecule has 0 bridgehead atoms. The summed E-state index contributed by atoms with van der Waals surface area (Å²) in [6.07, 6.45) is 0. The van der Waals surface area contributed by atoms with E-state index in [1.54, 1.807) is 18.4 Å². The molecule has 132 valence electrons. The van der Waals surface area contributed by atoms with E-state index in [1.807, 2.05) is 41.8 Å². The fourth-order valence-electron chi connectivity index (χ4n) is 2.24. The quantitative estimate of drug-likeness (QED) is 0.398. The van der Waals surface area contributed by atoms with Crippen LogP contribution >= 0.6 is 23.1 Å². The van der Waals surface area contributed by atoms with E-state index in [1.165, 1.54) is 16.4 Å². The molecule has 3 aromatic heterocycles. The number of thiophene rings is 1. The van der Waals surface area contributed by atoms with E-state index in [2.05, 4.69) is 20.4 Å². The van der Waals surface area contributed by atoms with Gasteiger partial charge in [-0.2, -0.15) is 0 Å². The minimum Gasteiger partial charge on any atom is -0.497 e. The van der Waals surface area contributed by atoms with Crippen LogP contribution in [0, 0.1) is 0 Å². The maximum Gasteiger partial charge on any atom is 0.247 e. The van der Waals surface area contributed by atoms with Crippen LogP contribution in [0.1, 0.15) is 5.89 Å². The standard InChI is InChI=1S/C16H14N6O2S2/c1-23-11-6-4-10(5-7-11)15-20-18-13(24-15)9-26-16-21-19-14(22(16)17)12-3-2-8-25-12/h2-8H,9,17H2,1H3. The van der Waals surface area contributed by atoms with Gasteiger partial charge in [0.2, 0.25) is 16.9 Å². The third kappa shape index (κ3) is 3.28. The molecule has 0 atom stereocenters. The first-order chi connectivity index (χ1) is 12.7. The molecule has 1 aromatic carbocycles. The third-order valence-electron chi connectivity index (χ3n) is 3.53. The second-order valence-electron chi connectivity index (χ2n) is 5.17. The summed E-state index contributed by atoms with van der Waals surface area (Å²) in [4.78, 5) is 0.964. The van der Waals surface area contributed by atoms with Crippen LogP contribution in [-0.4, -0.2) is 32.2 Å². The number of rotatable bonds is 6. The molecule has 0 radical (unpaired) electrons. The first-order valence-electron chi connectivity index (χ1n) is 7.58. The van der Waals surface area contributed by atoms with Crippen molar-refractivity contribution in [3.63, 3.8) is 0 Å². The van der Waals surface area contributed by atoms with E-state index in [0.717, 1.165) is 16.2 Å². The molecule has 0 fully saturated rings. The highest BCUT2D eigenvalue weighted by molar-refractivity contribution is 7.98. The van der Waals surface area contributed by atoms with E-state index in [-0.39, 0.29) is 0 Å². The van der Waals surface area contributed by atoms with Crippen LogP contribution in [0.15, 0.2) is 51.4 Å². The molecular weight excluding hydrogens is 372 g/mol. The minimum atomic E-state index is 0.447. The van der Waals surface area contributed by atoms with Crippen molar-refractivity contribution in [3.8, 4) is 27.9 Å². The lowest BCUT2D eigenvalue weighted by molar-refractivity contribution is 0.415. The van der Waals surface area contributed by atoms with Gasteiger partial charge in [-0.25, -0.2) is 4.68 Å². The Morgan fingerprint density at radius 2 is 2.00 bits per heavy atom. The largest absolute Gasteiger partial charge is 0.497 e. The number of nitrogens with two attached hydrogens (primary N) is 1. The van der Waals surface area contributed by atoms with Crippen molar-refractivity contribution < 1.29 is 9.15 Å². The molecule has 2 N–H and O–H groups in total. The molecule has 0 aliphatic rings. The number of thioether (sulfide) groups is 1. The van der Waals surface area contributed by atoms with Gasteiger partial charge in [-0.3, -0.25) is 0 Å². The van der Waals surface area contributed by atoms with Gasteiger partial charge in [0.25, 0.3) is 0 Å². The number of hydrogen-bond donors (Lipinski definition) is 1. The van der Waals surface area contributed by atoms with Crippen molar-refractivity contribution in [1.29, 1.82) is 0 Å². The minimum absolute atomic E-state index is 0.447. The predicted octanol–water partition coefficient (Wildman–Crippen LogP) is 3.07. The Hall–Kier alpha value is -2.85. The van der Waals surface area contributed by atoms with E-state index in [9.17, 15) is 0 Å². The number of nitrogens with zero attached hydrogens (tertiary/aromatic N) is 5. The Labute approximate surface area is 157 Å². The summed E-state index contributed by atoms with van der Waals surface area (Å²) in [6.45, 7) is 0. The highest BCUT2D eigenvalue weighted by Crippen LogP contribution is 2.27. The molecule has 3 heterocycles. The van der Waals surface area contributed by atoms with Gasteiger partial charge in [0.15, 0.2) is 5.82 Å². The van der Waals surface area contributed by atoms with Gasteiger partial charge < -0.3 is 15.0 Å². The summed E-state index contributed by atoms with van der Waals surface area (Å²) in [5.74, 6) is 8.87. The maximum atomic E-state index is 6.08. The van der Waals surface area contributed by atoms with Gasteiger partial charge >= 0.3 is 0 Å². The monoisotopic (exact) mass is 386 g/mol. The van der Waals surface area contributed by atoms with E-state index < -0.39 is 0 Å². The highest BCUT2D eigenvalue weighted by Gasteiger charge is 2.15. The Balaban J connectivity index is 1.45. The normalized spacial score (nSPS) is 11.0. The van der Waals surface area contributed by atoms with Crippen LogP contribution in [0.2, 0.25) is 0 Å². The van der Waals surface area contributed by atoms with Crippen molar-refractivity contribution in [3.05, 3.63) is 47.7 Å². The first kappa shape index (κ1) is 16.6. The lowest BCUT2D eigenvalue weighted by Crippen LogP contribution is -2.11. The van der Waals surface area contributed by atoms with Crippen molar-refractivity contribution in [2.45, 2.75) is 10.9 Å². The molecule has 0 aliphatic carbocycles. The zero-order chi connectivity index (χ0) is 17.9. The van der Waals surface area contributed by atoms with Crippen LogP contribution in [0.4, 0.5) is 0 Å². The molecule has 8 nitrogen and oxygen atoms in total. The maximum absolute atomic E-state index is 6.08. The summed E-state index contributed by atoms with van der Waals surface area (Å²) in [7, 11) is 1.62. The molecule has 0 aliphatic heterocycles. The summed E-state index contributed by atoms with van der Waals surface area (Å²) in [5, 5.41) is 19.0. The Bertz CT molecular complexity index is 994. The second-order valence-corrected chi connectivity index (χ2v) is 7.06. The van der Waals surface area contributed by atoms with E-state index in [0.29, 0.717) is 28.5 Å². The molecule has 0 saturated heterocycles. The SMILES string of the molecule is COc1ccc(-c2nnc(CSc3nnc(-c4cccs4)n3N)o2)cc1. The fourth-order valence-corrected chi connectivity index (χ4v) is 3.64. The summed E-state index contributed by atoms with van der Waals surface area (Å²) in [6, 6.07) is 11.3. The molecule has 26 heavy (non-hydrogen) atoms. The van der Waals surface area contributed by atoms with Crippen LogP contribution in [0.3, 0.4) is 0 Å². The average Bonchev–Trinajstić information content (AvgIpc) is 3.41. The van der Waals surface area contributed by atoms with Crippen LogP contribution in [-0.2, 0) is 5.75 Å². The number of benzene rings is 1. The predicted molar refractivity (Wildman–Crippen MR) is 99.3 cm³/mol. The third-order valence-corrected chi connectivity index (χ3v) is 5.33. The Morgan fingerprint density at radius 3 is 2.73 bits per heavy atom. The summed E-state index contributed by atoms with van der Waals surface area (Å²) in [5.41, 5.74) is 0.830.